The maximum absolute atomic E-state index is 3.38. The first kappa shape index (κ1) is 14.0. The molecule has 0 unspecified atom stereocenters. The number of rotatable bonds is 0. The zero-order chi connectivity index (χ0) is 12.1. The van der Waals surface area contributed by atoms with Gasteiger partial charge in [-0.2, -0.15) is 0 Å². The fourth-order valence-corrected chi connectivity index (χ4v) is 2.72. The Balaban J connectivity index is 0.000000160. The Morgan fingerprint density at radius 3 is 1.50 bits per heavy atom. The molecular weight excluding hydrogens is 194 g/mol. The van der Waals surface area contributed by atoms with Crippen LogP contribution >= 0.6 is 0 Å². The number of piperidine rings is 1. The minimum Gasteiger partial charge on any atom is -0.316 e. The van der Waals surface area contributed by atoms with Crippen LogP contribution in [-0.4, -0.2) is 13.1 Å². The topological polar surface area (TPSA) is 12.0 Å². The minimum atomic E-state index is 0.568. The lowest BCUT2D eigenvalue weighted by Gasteiger charge is -2.29. The van der Waals surface area contributed by atoms with Crippen molar-refractivity contribution < 1.29 is 0 Å². The van der Waals surface area contributed by atoms with Gasteiger partial charge in [-0.1, -0.05) is 47.0 Å². The van der Waals surface area contributed by atoms with E-state index in [9.17, 15) is 0 Å². The Bertz CT molecular complexity index is 156. The molecule has 1 aliphatic carbocycles. The van der Waals surface area contributed by atoms with Crippen LogP contribution in [0, 0.1) is 10.8 Å². The van der Waals surface area contributed by atoms with Crippen LogP contribution in [0.2, 0.25) is 0 Å². The van der Waals surface area contributed by atoms with Gasteiger partial charge in [0, 0.05) is 6.54 Å². The van der Waals surface area contributed by atoms with Crippen LogP contribution < -0.4 is 5.32 Å². The molecule has 1 heteroatoms. The predicted octanol–water partition coefficient (Wildman–Crippen LogP) is 4.37. The summed E-state index contributed by atoms with van der Waals surface area (Å²) < 4.78 is 0. The fourth-order valence-electron chi connectivity index (χ4n) is 2.72. The molecule has 1 saturated heterocycles. The molecular formula is C15H31N. The van der Waals surface area contributed by atoms with E-state index in [1.807, 2.05) is 0 Å². The first-order valence-corrected chi connectivity index (χ1v) is 7.12. The smallest absolute Gasteiger partial charge is 0.000252 e. The first-order chi connectivity index (χ1) is 7.41. The van der Waals surface area contributed by atoms with E-state index < -0.39 is 0 Å². The van der Waals surface area contributed by atoms with E-state index >= 15 is 0 Å². The van der Waals surface area contributed by atoms with Crippen molar-refractivity contribution >= 4 is 0 Å². The van der Waals surface area contributed by atoms with Gasteiger partial charge in [0.25, 0.3) is 0 Å². The summed E-state index contributed by atoms with van der Waals surface area (Å²) in [6.07, 6.45) is 10.1. The number of nitrogens with one attached hydrogen (secondary N) is 1. The van der Waals surface area contributed by atoms with Gasteiger partial charge >= 0.3 is 0 Å². The van der Waals surface area contributed by atoms with Gasteiger partial charge in [-0.05, 0) is 43.1 Å². The molecule has 0 bridgehead atoms. The van der Waals surface area contributed by atoms with Crippen molar-refractivity contribution in [1.29, 1.82) is 0 Å². The van der Waals surface area contributed by atoms with Gasteiger partial charge in [0.15, 0.2) is 0 Å². The molecule has 0 spiro atoms. The van der Waals surface area contributed by atoms with Gasteiger partial charge in [0.2, 0.25) is 0 Å². The van der Waals surface area contributed by atoms with Crippen LogP contribution in [0.4, 0.5) is 0 Å². The Morgan fingerprint density at radius 1 is 0.688 bits per heavy atom. The van der Waals surface area contributed by atoms with Gasteiger partial charge < -0.3 is 5.32 Å². The maximum atomic E-state index is 3.38. The zero-order valence-electron chi connectivity index (χ0n) is 11.9. The highest BCUT2D eigenvalue weighted by Crippen LogP contribution is 2.34. The lowest BCUT2D eigenvalue weighted by atomic mass is 9.78. The number of hydrogen-bond acceptors (Lipinski definition) is 1. The highest BCUT2D eigenvalue weighted by Gasteiger charge is 2.20. The van der Waals surface area contributed by atoms with Crippen molar-refractivity contribution in [2.45, 2.75) is 72.6 Å². The summed E-state index contributed by atoms with van der Waals surface area (Å²) in [5, 5.41) is 3.38. The second-order valence-corrected chi connectivity index (χ2v) is 7.17. The van der Waals surface area contributed by atoms with E-state index in [1.54, 1.807) is 0 Å². The molecule has 2 aliphatic rings. The largest absolute Gasteiger partial charge is 0.316 e. The van der Waals surface area contributed by atoms with Crippen LogP contribution in [0.15, 0.2) is 0 Å². The first-order valence-electron chi connectivity index (χ1n) is 7.12. The van der Waals surface area contributed by atoms with Gasteiger partial charge in [0.1, 0.15) is 0 Å². The van der Waals surface area contributed by atoms with Crippen molar-refractivity contribution in [3.8, 4) is 0 Å². The molecule has 0 aromatic heterocycles. The molecule has 0 amide bonds. The highest BCUT2D eigenvalue weighted by atomic mass is 14.9. The SMILES string of the molecule is CC1(C)CCCCC1.CC1(C)CCCNC1. The monoisotopic (exact) mass is 225 g/mol. The lowest BCUT2D eigenvalue weighted by molar-refractivity contribution is 0.244. The third kappa shape index (κ3) is 5.89. The third-order valence-corrected chi connectivity index (χ3v) is 4.02. The van der Waals surface area contributed by atoms with Crippen molar-refractivity contribution in [1.82, 2.24) is 5.32 Å². The summed E-state index contributed by atoms with van der Waals surface area (Å²) in [6, 6.07) is 0. The predicted molar refractivity (Wildman–Crippen MR) is 72.8 cm³/mol. The molecule has 1 heterocycles. The average Bonchev–Trinajstić information content (AvgIpc) is 2.17. The fraction of sp³-hybridized carbons (Fsp3) is 1.00. The van der Waals surface area contributed by atoms with Gasteiger partial charge in [-0.25, -0.2) is 0 Å². The molecule has 2 rings (SSSR count). The van der Waals surface area contributed by atoms with E-state index in [2.05, 4.69) is 33.0 Å². The number of hydrogen-bond donors (Lipinski definition) is 1. The minimum absolute atomic E-state index is 0.568. The van der Waals surface area contributed by atoms with Crippen LogP contribution in [0.25, 0.3) is 0 Å². The van der Waals surface area contributed by atoms with E-state index in [0.29, 0.717) is 10.8 Å². The Morgan fingerprint density at radius 2 is 1.25 bits per heavy atom. The summed E-state index contributed by atoms with van der Waals surface area (Å²) in [5.74, 6) is 0. The molecule has 2 fully saturated rings. The van der Waals surface area contributed by atoms with Crippen molar-refractivity contribution in [3.63, 3.8) is 0 Å². The maximum Gasteiger partial charge on any atom is 0.000252 e. The van der Waals surface area contributed by atoms with E-state index in [-0.39, 0.29) is 0 Å². The highest BCUT2D eigenvalue weighted by molar-refractivity contribution is 4.75. The lowest BCUT2D eigenvalue weighted by Crippen LogP contribution is -2.35. The van der Waals surface area contributed by atoms with Crippen molar-refractivity contribution in [2.24, 2.45) is 10.8 Å². The van der Waals surface area contributed by atoms with Crippen LogP contribution in [0.3, 0.4) is 0 Å². The van der Waals surface area contributed by atoms with E-state index in [0.717, 1.165) is 0 Å². The van der Waals surface area contributed by atoms with Gasteiger partial charge in [-0.15, -0.1) is 0 Å². The summed E-state index contributed by atoms with van der Waals surface area (Å²) in [5.41, 5.74) is 1.25. The van der Waals surface area contributed by atoms with Crippen molar-refractivity contribution in [3.05, 3.63) is 0 Å². The molecule has 1 saturated carbocycles. The second kappa shape index (κ2) is 6.05. The van der Waals surface area contributed by atoms with Crippen LogP contribution in [-0.2, 0) is 0 Å². The quantitative estimate of drug-likeness (QED) is 0.645. The molecule has 0 atom stereocenters. The summed E-state index contributed by atoms with van der Waals surface area (Å²) >= 11 is 0. The average molecular weight is 225 g/mol. The van der Waals surface area contributed by atoms with Gasteiger partial charge in [-0.3, -0.25) is 0 Å². The summed E-state index contributed by atoms with van der Waals surface area (Å²) in [7, 11) is 0. The molecule has 16 heavy (non-hydrogen) atoms. The van der Waals surface area contributed by atoms with Crippen LogP contribution in [0.1, 0.15) is 72.6 Å². The van der Waals surface area contributed by atoms with E-state index in [1.165, 1.54) is 58.0 Å². The second-order valence-electron chi connectivity index (χ2n) is 7.17. The van der Waals surface area contributed by atoms with Gasteiger partial charge in [0.05, 0.1) is 0 Å². The zero-order valence-corrected chi connectivity index (χ0v) is 11.9. The normalized spacial score (nSPS) is 27.8. The molecule has 1 aliphatic heterocycles. The summed E-state index contributed by atoms with van der Waals surface area (Å²) in [4.78, 5) is 0. The van der Waals surface area contributed by atoms with Crippen LogP contribution in [0.5, 0.6) is 0 Å². The molecule has 0 aromatic carbocycles. The molecule has 1 N–H and O–H groups in total. The molecule has 96 valence electrons. The molecule has 0 radical (unpaired) electrons. The Hall–Kier alpha value is -0.0400. The standard InChI is InChI=1S/C8H16.C7H15N/c1-8(2)6-4-3-5-7-8;1-7(2)4-3-5-8-6-7/h3-7H2,1-2H3;8H,3-6H2,1-2H3. The third-order valence-electron chi connectivity index (χ3n) is 4.02. The Kier molecular flexibility index (Phi) is 5.30. The molecule has 1 nitrogen and oxygen atoms in total. The Labute approximate surface area is 102 Å². The summed E-state index contributed by atoms with van der Waals surface area (Å²) in [6.45, 7) is 11.8. The van der Waals surface area contributed by atoms with E-state index in [4.69, 9.17) is 0 Å². The van der Waals surface area contributed by atoms with Crippen molar-refractivity contribution in [2.75, 3.05) is 13.1 Å². The molecule has 0 aromatic rings.